The molecule has 1 aliphatic carbocycles. The second kappa shape index (κ2) is 9.74. The van der Waals surface area contributed by atoms with Crippen molar-refractivity contribution in [2.45, 2.75) is 37.6 Å². The lowest BCUT2D eigenvalue weighted by Crippen LogP contribution is -2.46. The normalized spacial score (nSPS) is 15.5. The number of hydrogen-bond donors (Lipinski definition) is 2. The van der Waals surface area contributed by atoms with Crippen molar-refractivity contribution in [1.82, 2.24) is 10.4 Å². The second-order valence-electron chi connectivity index (χ2n) is 7.95. The van der Waals surface area contributed by atoms with Gasteiger partial charge in [0.15, 0.2) is 0 Å². The average Bonchev–Trinajstić information content (AvgIpc) is 3.32. The molecule has 3 amide bonds. The topological polar surface area (TPSA) is 139 Å². The van der Waals surface area contributed by atoms with Crippen molar-refractivity contribution in [3.63, 3.8) is 0 Å². The molecule has 1 fully saturated rings. The molecule has 0 aromatic heterocycles. The highest BCUT2D eigenvalue weighted by atomic mass is 16.7. The molecule has 1 heterocycles. The number of carbonyl (C=O) groups excluding carboxylic acids is 4. The predicted molar refractivity (Wildman–Crippen MR) is 116 cm³/mol. The predicted octanol–water partition coefficient (Wildman–Crippen LogP) is 2.37. The first-order valence-electron chi connectivity index (χ1n) is 10.8. The van der Waals surface area contributed by atoms with E-state index in [-0.39, 0.29) is 31.8 Å². The van der Waals surface area contributed by atoms with Gasteiger partial charge in [-0.1, -0.05) is 48.5 Å². The number of amides is 3. The van der Waals surface area contributed by atoms with E-state index >= 15 is 0 Å². The number of alkyl carbamates (subject to hydrolysis) is 1. The first-order valence-corrected chi connectivity index (χ1v) is 10.8. The van der Waals surface area contributed by atoms with Crippen molar-refractivity contribution in [2.24, 2.45) is 0 Å². The summed E-state index contributed by atoms with van der Waals surface area (Å²) in [5.74, 6) is -3.89. The summed E-state index contributed by atoms with van der Waals surface area (Å²) in [7, 11) is 0. The molecular weight excluding hydrogens is 444 g/mol. The largest absolute Gasteiger partial charge is 0.481 e. The molecule has 1 atom stereocenters. The number of hydroxylamine groups is 2. The Morgan fingerprint density at radius 3 is 2.09 bits per heavy atom. The van der Waals surface area contributed by atoms with E-state index in [0.717, 1.165) is 22.3 Å². The van der Waals surface area contributed by atoms with Gasteiger partial charge in [0.1, 0.15) is 12.6 Å². The zero-order valence-electron chi connectivity index (χ0n) is 18.1. The van der Waals surface area contributed by atoms with Crippen molar-refractivity contribution < 1.29 is 38.7 Å². The molecule has 34 heavy (non-hydrogen) atoms. The van der Waals surface area contributed by atoms with Gasteiger partial charge in [-0.3, -0.25) is 14.4 Å². The van der Waals surface area contributed by atoms with Gasteiger partial charge in [0.25, 0.3) is 11.8 Å². The molecule has 0 bridgehead atoms. The number of nitrogens with one attached hydrogen (secondary N) is 1. The fourth-order valence-corrected chi connectivity index (χ4v) is 4.11. The molecule has 2 N–H and O–H groups in total. The van der Waals surface area contributed by atoms with Crippen LogP contribution in [-0.4, -0.2) is 52.7 Å². The molecule has 2 aromatic carbocycles. The van der Waals surface area contributed by atoms with Crippen LogP contribution in [0.25, 0.3) is 11.1 Å². The number of nitrogens with zero attached hydrogens (tertiary/aromatic N) is 1. The summed E-state index contributed by atoms with van der Waals surface area (Å²) in [5, 5.41) is 11.6. The molecule has 4 rings (SSSR count). The molecule has 1 saturated heterocycles. The smallest absolute Gasteiger partial charge is 0.407 e. The van der Waals surface area contributed by atoms with Crippen LogP contribution in [0, 0.1) is 0 Å². The first-order chi connectivity index (χ1) is 16.3. The Hall–Kier alpha value is -4.21. The molecule has 10 heteroatoms. The molecule has 0 unspecified atom stereocenters. The molecule has 0 spiro atoms. The molecule has 2 aromatic rings. The van der Waals surface area contributed by atoms with Gasteiger partial charge in [-0.2, -0.15) is 0 Å². The number of rotatable bonds is 8. The van der Waals surface area contributed by atoms with Crippen molar-refractivity contribution >= 4 is 29.8 Å². The molecule has 1 aliphatic heterocycles. The quantitative estimate of drug-likeness (QED) is 0.565. The zero-order valence-corrected chi connectivity index (χ0v) is 18.1. The van der Waals surface area contributed by atoms with Crippen LogP contribution in [0.15, 0.2) is 48.5 Å². The van der Waals surface area contributed by atoms with Crippen LogP contribution in [-0.2, 0) is 28.8 Å². The number of hydrogen-bond acceptors (Lipinski definition) is 7. The van der Waals surface area contributed by atoms with Crippen LogP contribution >= 0.6 is 0 Å². The van der Waals surface area contributed by atoms with E-state index in [4.69, 9.17) is 14.7 Å². The number of carbonyl (C=O) groups is 5. The third-order valence-electron chi connectivity index (χ3n) is 5.75. The third kappa shape index (κ3) is 4.75. The van der Waals surface area contributed by atoms with Crippen LogP contribution in [0.2, 0.25) is 0 Å². The summed E-state index contributed by atoms with van der Waals surface area (Å²) in [6.45, 7) is -0.0103. The lowest BCUT2D eigenvalue weighted by Gasteiger charge is -2.20. The van der Waals surface area contributed by atoms with E-state index in [1.54, 1.807) is 0 Å². The molecule has 0 saturated carbocycles. The van der Waals surface area contributed by atoms with Gasteiger partial charge in [0.05, 0.1) is 0 Å². The Kier molecular flexibility index (Phi) is 6.58. The monoisotopic (exact) mass is 466 g/mol. The number of aliphatic carboxylic acids is 1. The molecular formula is C24H22N2O8. The van der Waals surface area contributed by atoms with E-state index in [1.807, 2.05) is 48.5 Å². The molecule has 0 radical (unpaired) electrons. The van der Waals surface area contributed by atoms with Crippen LogP contribution in [0.4, 0.5) is 4.79 Å². The Morgan fingerprint density at radius 1 is 0.971 bits per heavy atom. The van der Waals surface area contributed by atoms with E-state index < -0.39 is 42.3 Å². The minimum Gasteiger partial charge on any atom is -0.481 e. The van der Waals surface area contributed by atoms with Gasteiger partial charge in [-0.25, -0.2) is 9.59 Å². The maximum Gasteiger partial charge on any atom is 0.407 e. The van der Waals surface area contributed by atoms with E-state index in [2.05, 4.69) is 5.32 Å². The molecule has 10 nitrogen and oxygen atoms in total. The zero-order chi connectivity index (χ0) is 24.2. The number of benzene rings is 2. The van der Waals surface area contributed by atoms with E-state index in [0.29, 0.717) is 5.06 Å². The first kappa shape index (κ1) is 23.0. The number of imide groups is 1. The summed E-state index contributed by atoms with van der Waals surface area (Å²) >= 11 is 0. The van der Waals surface area contributed by atoms with Gasteiger partial charge in [0, 0.05) is 25.2 Å². The third-order valence-corrected chi connectivity index (χ3v) is 5.75. The minimum absolute atomic E-state index is 0.0103. The average molecular weight is 466 g/mol. The van der Waals surface area contributed by atoms with Crippen molar-refractivity contribution in [3.8, 4) is 11.1 Å². The lowest BCUT2D eigenvalue weighted by molar-refractivity contribution is -0.199. The molecule has 176 valence electrons. The van der Waals surface area contributed by atoms with Crippen LogP contribution in [0.1, 0.15) is 42.7 Å². The summed E-state index contributed by atoms with van der Waals surface area (Å²) in [6, 6.07) is 14.1. The molecule has 2 aliphatic rings. The minimum atomic E-state index is -1.42. The Balaban J connectivity index is 1.42. The van der Waals surface area contributed by atoms with Crippen LogP contribution in [0.3, 0.4) is 0 Å². The standard InChI is InChI=1S/C24H22N2O8/c27-20-10-11-21(28)26(20)34-23(31)19(9-12-22(29)30)25-24(32)33-13-18-16-7-3-1-5-14(16)15-6-2-4-8-17(15)18/h1-8,18-19H,9-13H2,(H,25,32)(H,29,30)/t19-/m0/s1. The fourth-order valence-electron chi connectivity index (χ4n) is 4.11. The van der Waals surface area contributed by atoms with Gasteiger partial charge < -0.3 is 20.0 Å². The maximum absolute atomic E-state index is 12.5. The van der Waals surface area contributed by atoms with E-state index in [9.17, 15) is 24.0 Å². The van der Waals surface area contributed by atoms with Crippen molar-refractivity contribution in [2.75, 3.05) is 6.61 Å². The highest BCUT2D eigenvalue weighted by Gasteiger charge is 2.36. The summed E-state index contributed by atoms with van der Waals surface area (Å²) in [5.41, 5.74) is 4.11. The van der Waals surface area contributed by atoms with Gasteiger partial charge in [0.2, 0.25) is 0 Å². The SMILES string of the molecule is O=C(O)CC[C@H](NC(=O)OCC1c2ccccc2-c2ccccc21)C(=O)ON1C(=O)CCC1=O. The Bertz CT molecular complexity index is 1100. The second-order valence-corrected chi connectivity index (χ2v) is 7.95. The summed E-state index contributed by atoms with van der Waals surface area (Å²) in [4.78, 5) is 64.2. The number of ether oxygens (including phenoxy) is 1. The van der Waals surface area contributed by atoms with E-state index in [1.165, 1.54) is 0 Å². The number of carboxylic acids is 1. The summed E-state index contributed by atoms with van der Waals surface area (Å²) in [6.07, 6.45) is -1.90. The maximum atomic E-state index is 12.5. The summed E-state index contributed by atoms with van der Waals surface area (Å²) < 4.78 is 5.39. The fraction of sp³-hybridized carbons (Fsp3) is 0.292. The Morgan fingerprint density at radius 2 is 1.53 bits per heavy atom. The Labute approximate surface area is 194 Å². The van der Waals surface area contributed by atoms with Crippen molar-refractivity contribution in [3.05, 3.63) is 59.7 Å². The van der Waals surface area contributed by atoms with Gasteiger partial charge in [-0.15, -0.1) is 5.06 Å². The highest BCUT2D eigenvalue weighted by molar-refractivity contribution is 6.02. The van der Waals surface area contributed by atoms with Gasteiger partial charge in [-0.05, 0) is 28.7 Å². The van der Waals surface area contributed by atoms with Crippen molar-refractivity contribution in [1.29, 1.82) is 0 Å². The van der Waals surface area contributed by atoms with Crippen LogP contribution in [0.5, 0.6) is 0 Å². The van der Waals surface area contributed by atoms with Crippen LogP contribution < -0.4 is 5.32 Å². The highest BCUT2D eigenvalue weighted by Crippen LogP contribution is 2.44. The lowest BCUT2D eigenvalue weighted by atomic mass is 9.98. The van der Waals surface area contributed by atoms with Gasteiger partial charge >= 0.3 is 18.0 Å². The number of carboxylic acid groups (broad SMARTS) is 1. The number of fused-ring (bicyclic) bond motifs is 3.